The summed E-state index contributed by atoms with van der Waals surface area (Å²) in [5.74, 6) is -0.131. The molecule has 8 heteroatoms. The Labute approximate surface area is 144 Å². The summed E-state index contributed by atoms with van der Waals surface area (Å²) in [5.41, 5.74) is 8.06. The summed E-state index contributed by atoms with van der Waals surface area (Å²) in [7, 11) is 0. The highest BCUT2D eigenvalue weighted by molar-refractivity contribution is 5.95. The SMILES string of the molecule is Cc1cc2cc(N)ccc2n1C(=O)Cn1cc(NC(=O)C(C)C)nn1. The second-order valence-electron chi connectivity index (χ2n) is 6.28. The molecule has 2 aromatic heterocycles. The molecule has 0 aliphatic heterocycles. The van der Waals surface area contributed by atoms with Crippen LogP contribution in [0.25, 0.3) is 10.9 Å². The van der Waals surface area contributed by atoms with E-state index < -0.39 is 0 Å². The van der Waals surface area contributed by atoms with Crippen molar-refractivity contribution in [3.05, 3.63) is 36.2 Å². The van der Waals surface area contributed by atoms with Gasteiger partial charge in [0.15, 0.2) is 5.82 Å². The van der Waals surface area contributed by atoms with E-state index in [1.807, 2.05) is 25.1 Å². The molecule has 0 unspecified atom stereocenters. The van der Waals surface area contributed by atoms with Gasteiger partial charge in [0.25, 0.3) is 5.91 Å². The van der Waals surface area contributed by atoms with E-state index >= 15 is 0 Å². The number of anilines is 2. The fourth-order valence-electron chi connectivity index (χ4n) is 2.62. The van der Waals surface area contributed by atoms with Gasteiger partial charge in [0.1, 0.15) is 6.54 Å². The van der Waals surface area contributed by atoms with E-state index in [1.54, 1.807) is 24.5 Å². The van der Waals surface area contributed by atoms with Crippen LogP contribution in [0, 0.1) is 12.8 Å². The summed E-state index contributed by atoms with van der Waals surface area (Å²) in [6, 6.07) is 7.34. The van der Waals surface area contributed by atoms with Crippen LogP contribution in [-0.4, -0.2) is 31.4 Å². The normalized spacial score (nSPS) is 11.2. The van der Waals surface area contributed by atoms with Crippen molar-refractivity contribution < 1.29 is 9.59 Å². The minimum absolute atomic E-state index is 0.0134. The average molecular weight is 340 g/mol. The second-order valence-corrected chi connectivity index (χ2v) is 6.28. The van der Waals surface area contributed by atoms with Crippen LogP contribution in [0.2, 0.25) is 0 Å². The first-order valence-electron chi connectivity index (χ1n) is 7.97. The molecule has 130 valence electrons. The molecule has 0 spiro atoms. The summed E-state index contributed by atoms with van der Waals surface area (Å²) in [6.45, 7) is 5.45. The van der Waals surface area contributed by atoms with Crippen LogP contribution >= 0.6 is 0 Å². The number of nitrogens with one attached hydrogen (secondary N) is 1. The third-order valence-electron chi connectivity index (χ3n) is 3.87. The maximum Gasteiger partial charge on any atom is 0.253 e. The molecule has 0 aliphatic carbocycles. The van der Waals surface area contributed by atoms with Crippen molar-refractivity contribution in [2.24, 2.45) is 5.92 Å². The van der Waals surface area contributed by atoms with Gasteiger partial charge < -0.3 is 11.1 Å². The molecule has 1 aromatic carbocycles. The van der Waals surface area contributed by atoms with Crippen LogP contribution in [0.4, 0.5) is 11.5 Å². The molecule has 2 heterocycles. The van der Waals surface area contributed by atoms with E-state index in [4.69, 9.17) is 5.73 Å². The van der Waals surface area contributed by atoms with Crippen LogP contribution in [0.1, 0.15) is 24.3 Å². The highest BCUT2D eigenvalue weighted by Gasteiger charge is 2.15. The molecule has 0 saturated carbocycles. The van der Waals surface area contributed by atoms with Crippen molar-refractivity contribution >= 4 is 34.2 Å². The van der Waals surface area contributed by atoms with E-state index in [2.05, 4.69) is 15.6 Å². The maximum atomic E-state index is 12.7. The number of aromatic nitrogens is 4. The Kier molecular flexibility index (Phi) is 4.26. The fourth-order valence-corrected chi connectivity index (χ4v) is 2.62. The molecule has 0 aliphatic rings. The number of rotatable bonds is 4. The zero-order valence-corrected chi connectivity index (χ0v) is 14.4. The van der Waals surface area contributed by atoms with Gasteiger partial charge in [0, 0.05) is 22.7 Å². The molecule has 8 nitrogen and oxygen atoms in total. The highest BCUT2D eigenvalue weighted by atomic mass is 16.2. The Morgan fingerprint density at radius 1 is 1.28 bits per heavy atom. The van der Waals surface area contributed by atoms with Crippen LogP contribution in [0.15, 0.2) is 30.5 Å². The third kappa shape index (κ3) is 3.37. The lowest BCUT2D eigenvalue weighted by atomic mass is 10.2. The molecule has 3 aromatic rings. The van der Waals surface area contributed by atoms with E-state index in [1.165, 1.54) is 10.9 Å². The summed E-state index contributed by atoms with van der Waals surface area (Å²) in [5, 5.41) is 11.3. The monoisotopic (exact) mass is 340 g/mol. The van der Waals surface area contributed by atoms with Crippen LogP contribution in [-0.2, 0) is 11.3 Å². The number of nitrogens with zero attached hydrogens (tertiary/aromatic N) is 4. The van der Waals surface area contributed by atoms with Gasteiger partial charge in [0.2, 0.25) is 5.91 Å². The van der Waals surface area contributed by atoms with E-state index in [-0.39, 0.29) is 24.3 Å². The molecular formula is C17H20N6O2. The van der Waals surface area contributed by atoms with Crippen molar-refractivity contribution in [3.63, 3.8) is 0 Å². The molecule has 3 N–H and O–H groups in total. The lowest BCUT2D eigenvalue weighted by Crippen LogP contribution is -2.19. The minimum atomic E-state index is -0.159. The number of amides is 1. The lowest BCUT2D eigenvalue weighted by Gasteiger charge is -2.07. The number of hydrogen-bond acceptors (Lipinski definition) is 5. The van der Waals surface area contributed by atoms with Crippen molar-refractivity contribution in [2.45, 2.75) is 27.3 Å². The Bertz CT molecular complexity index is 953. The topological polar surface area (TPSA) is 108 Å². The number of benzene rings is 1. The van der Waals surface area contributed by atoms with E-state index in [9.17, 15) is 9.59 Å². The van der Waals surface area contributed by atoms with Crippen molar-refractivity contribution in [1.29, 1.82) is 0 Å². The number of hydrogen-bond donors (Lipinski definition) is 2. The molecule has 3 rings (SSSR count). The van der Waals surface area contributed by atoms with Gasteiger partial charge >= 0.3 is 0 Å². The smallest absolute Gasteiger partial charge is 0.253 e. The van der Waals surface area contributed by atoms with Crippen LogP contribution in [0.5, 0.6) is 0 Å². The molecule has 0 bridgehead atoms. The van der Waals surface area contributed by atoms with Gasteiger partial charge in [-0.25, -0.2) is 4.68 Å². The zero-order chi connectivity index (χ0) is 18.1. The summed E-state index contributed by atoms with van der Waals surface area (Å²) in [4.78, 5) is 24.4. The Morgan fingerprint density at radius 3 is 2.76 bits per heavy atom. The standard InChI is InChI=1S/C17H20N6O2/c1-10(2)17(25)19-15-8-22(21-20-15)9-16(24)23-11(3)6-12-7-13(18)4-5-14(12)23/h4-8,10H,9,18H2,1-3H3,(H,19,25). The van der Waals surface area contributed by atoms with Crippen molar-refractivity contribution in [3.8, 4) is 0 Å². The van der Waals surface area contributed by atoms with Crippen molar-refractivity contribution in [2.75, 3.05) is 11.1 Å². The summed E-state index contributed by atoms with van der Waals surface area (Å²) in [6.07, 6.45) is 1.54. The maximum absolute atomic E-state index is 12.7. The summed E-state index contributed by atoms with van der Waals surface area (Å²) >= 11 is 0. The predicted octanol–water partition coefficient (Wildman–Crippen LogP) is 2.06. The first kappa shape index (κ1) is 16.7. The van der Waals surface area contributed by atoms with Crippen LogP contribution in [0.3, 0.4) is 0 Å². The number of carbonyl (C=O) groups is 2. The number of nitrogen functional groups attached to an aromatic ring is 1. The van der Waals surface area contributed by atoms with Gasteiger partial charge in [-0.15, -0.1) is 5.10 Å². The minimum Gasteiger partial charge on any atom is -0.399 e. The first-order valence-corrected chi connectivity index (χ1v) is 7.97. The van der Waals surface area contributed by atoms with Gasteiger partial charge in [-0.1, -0.05) is 19.1 Å². The zero-order valence-electron chi connectivity index (χ0n) is 14.4. The molecule has 0 atom stereocenters. The highest BCUT2D eigenvalue weighted by Crippen LogP contribution is 2.22. The quantitative estimate of drug-likeness (QED) is 0.707. The van der Waals surface area contributed by atoms with Crippen LogP contribution < -0.4 is 11.1 Å². The second kappa shape index (κ2) is 6.39. The molecule has 0 saturated heterocycles. The molecular weight excluding hydrogens is 320 g/mol. The number of aryl methyl sites for hydroxylation is 1. The summed E-state index contributed by atoms with van der Waals surface area (Å²) < 4.78 is 3.03. The van der Waals surface area contributed by atoms with Crippen molar-refractivity contribution in [1.82, 2.24) is 19.6 Å². The largest absolute Gasteiger partial charge is 0.399 e. The van der Waals surface area contributed by atoms with Gasteiger partial charge in [-0.3, -0.25) is 14.2 Å². The van der Waals surface area contributed by atoms with E-state index in [0.717, 1.165) is 16.6 Å². The molecule has 1 amide bonds. The lowest BCUT2D eigenvalue weighted by molar-refractivity contribution is -0.118. The Morgan fingerprint density at radius 2 is 2.04 bits per heavy atom. The fraction of sp³-hybridized carbons (Fsp3) is 0.294. The molecule has 0 fully saturated rings. The van der Waals surface area contributed by atoms with Gasteiger partial charge in [-0.05, 0) is 31.2 Å². The number of nitrogens with two attached hydrogens (primary N) is 1. The molecule has 25 heavy (non-hydrogen) atoms. The number of fused-ring (bicyclic) bond motifs is 1. The Balaban J connectivity index is 1.80. The van der Waals surface area contributed by atoms with Gasteiger partial charge in [-0.2, -0.15) is 0 Å². The molecule has 0 radical (unpaired) electrons. The average Bonchev–Trinajstić information content (AvgIpc) is 3.09. The Hall–Kier alpha value is -3.16. The first-order chi connectivity index (χ1) is 11.8. The number of carbonyl (C=O) groups excluding carboxylic acids is 2. The van der Waals surface area contributed by atoms with Gasteiger partial charge in [0.05, 0.1) is 11.7 Å². The third-order valence-corrected chi connectivity index (χ3v) is 3.87. The van der Waals surface area contributed by atoms with E-state index in [0.29, 0.717) is 11.5 Å². The predicted molar refractivity (Wildman–Crippen MR) is 95.2 cm³/mol.